The predicted molar refractivity (Wildman–Crippen MR) is 296 cm³/mol. The molecule has 4 saturated heterocycles. The molecule has 6 aliphatic rings. The number of piperidine rings is 1. The number of primary amides is 1. The molecule has 13 nitrogen and oxygen atoms in total. The van der Waals surface area contributed by atoms with Gasteiger partial charge in [0.2, 0.25) is 17.7 Å². The van der Waals surface area contributed by atoms with Crippen molar-refractivity contribution in [3.05, 3.63) is 121 Å². The number of halogens is 6. The van der Waals surface area contributed by atoms with E-state index >= 15 is 0 Å². The van der Waals surface area contributed by atoms with Crippen LogP contribution in [0.2, 0.25) is 10.0 Å². The maximum absolute atomic E-state index is 13.3. The van der Waals surface area contributed by atoms with Gasteiger partial charge in [-0.15, -0.1) is 0 Å². The zero-order chi connectivity index (χ0) is 50.9. The molecule has 6 heterocycles. The second kappa shape index (κ2) is 24.1. The Morgan fingerprint density at radius 1 is 0.630 bits per heavy atom. The minimum Gasteiger partial charge on any atom is -0.481 e. The van der Waals surface area contributed by atoms with Crippen LogP contribution in [0.3, 0.4) is 0 Å². The molecule has 4 fully saturated rings. The Kier molecular flexibility index (Phi) is 18.6. The topological polar surface area (TPSA) is 168 Å². The van der Waals surface area contributed by atoms with E-state index in [-0.39, 0.29) is 49.9 Å². The van der Waals surface area contributed by atoms with E-state index in [1.807, 2.05) is 34.3 Å². The number of pyridine rings is 2. The minimum absolute atomic E-state index is 0. The second-order valence-electron chi connectivity index (χ2n) is 20.1. The summed E-state index contributed by atoms with van der Waals surface area (Å²) in [5.74, 6) is -0.890. The van der Waals surface area contributed by atoms with E-state index in [2.05, 4.69) is 92.9 Å². The first-order valence-corrected chi connectivity index (χ1v) is 28.7. The quantitative estimate of drug-likeness (QED) is 0.173. The van der Waals surface area contributed by atoms with Crippen LogP contribution >= 0.6 is 86.9 Å². The number of likely N-dealkylation sites (tertiary alicyclic amines) is 1. The summed E-state index contributed by atoms with van der Waals surface area (Å²) in [4.78, 5) is 66.7. The molecule has 73 heavy (non-hydrogen) atoms. The monoisotopic (exact) mass is 1290 g/mol. The van der Waals surface area contributed by atoms with Crippen LogP contribution in [0.25, 0.3) is 0 Å². The Balaban J connectivity index is 0.000000192. The Morgan fingerprint density at radius 2 is 1.08 bits per heavy atom. The Labute approximate surface area is 471 Å². The number of amides is 3. The normalized spacial score (nSPS) is 21.6. The molecular formula is C54H62Br4Cl2N6O7. The van der Waals surface area contributed by atoms with E-state index in [0.717, 1.165) is 72.8 Å². The molecular weight excluding hydrogens is 1240 g/mol. The molecule has 4 aromatic rings. The van der Waals surface area contributed by atoms with Crippen molar-refractivity contribution >= 4 is 111 Å². The molecule has 2 atom stereocenters. The first-order chi connectivity index (χ1) is 34.5. The van der Waals surface area contributed by atoms with Crippen LogP contribution in [0.15, 0.2) is 66.7 Å². The van der Waals surface area contributed by atoms with E-state index in [1.165, 1.54) is 33.4 Å². The lowest BCUT2D eigenvalue weighted by molar-refractivity contribution is -0.160. The smallest absolute Gasteiger partial charge is 0.310 e. The number of hydrogen-bond acceptors (Lipinski definition) is 9. The van der Waals surface area contributed by atoms with Gasteiger partial charge < -0.3 is 30.1 Å². The lowest BCUT2D eigenvalue weighted by Gasteiger charge is -2.41. The van der Waals surface area contributed by atoms with Gasteiger partial charge in [0.05, 0.1) is 28.3 Å². The fourth-order valence-corrected chi connectivity index (χ4v) is 14.9. The van der Waals surface area contributed by atoms with E-state index < -0.39 is 16.8 Å². The molecule has 2 aromatic carbocycles. The molecule has 2 aromatic heterocycles. The number of fused-ring (bicyclic) bond motifs is 4. The number of aromatic nitrogens is 2. The van der Waals surface area contributed by atoms with E-state index in [9.17, 15) is 24.3 Å². The van der Waals surface area contributed by atoms with Gasteiger partial charge in [-0.05, 0) is 172 Å². The highest BCUT2D eigenvalue weighted by atomic mass is 79.9. The molecule has 0 bridgehead atoms. The second-order valence-corrected chi connectivity index (χ2v) is 24.6. The first-order valence-electron chi connectivity index (χ1n) is 24.8. The summed E-state index contributed by atoms with van der Waals surface area (Å²) in [6.07, 6.45) is 11.0. The molecule has 10 rings (SSSR count). The summed E-state index contributed by atoms with van der Waals surface area (Å²) in [6.45, 7) is 5.49. The van der Waals surface area contributed by atoms with Crippen molar-refractivity contribution in [3.63, 3.8) is 0 Å². The van der Waals surface area contributed by atoms with Gasteiger partial charge in [-0.2, -0.15) is 0 Å². The van der Waals surface area contributed by atoms with Crippen molar-refractivity contribution in [2.75, 3.05) is 65.7 Å². The molecule has 392 valence electrons. The van der Waals surface area contributed by atoms with Crippen LogP contribution in [-0.2, 0) is 54.3 Å². The summed E-state index contributed by atoms with van der Waals surface area (Å²) in [5, 5.41) is 11.3. The Morgan fingerprint density at radius 3 is 1.62 bits per heavy atom. The van der Waals surface area contributed by atoms with Crippen molar-refractivity contribution in [1.29, 1.82) is 0 Å². The average molecular weight is 1300 g/mol. The Bertz CT molecular complexity index is 2540. The number of carboxylic acids is 1. The van der Waals surface area contributed by atoms with Crippen LogP contribution in [-0.4, -0.2) is 119 Å². The molecule has 4 aliphatic heterocycles. The molecule has 1 unspecified atom stereocenters. The van der Waals surface area contributed by atoms with Crippen LogP contribution in [0.4, 0.5) is 0 Å². The average Bonchev–Trinajstić information content (AvgIpc) is 3.62. The molecule has 3 amide bonds. The van der Waals surface area contributed by atoms with E-state index in [0.29, 0.717) is 102 Å². The zero-order valence-corrected chi connectivity index (χ0v) is 47.7. The van der Waals surface area contributed by atoms with Crippen molar-refractivity contribution in [1.82, 2.24) is 24.7 Å². The number of aliphatic carboxylic acids is 1. The van der Waals surface area contributed by atoms with Gasteiger partial charge >= 0.3 is 5.97 Å². The molecule has 3 N–H and O–H groups in total. The minimum atomic E-state index is -1.02. The van der Waals surface area contributed by atoms with Crippen molar-refractivity contribution in [2.45, 2.75) is 96.4 Å². The molecule has 0 saturated carbocycles. The highest BCUT2D eigenvalue weighted by Gasteiger charge is 2.45. The number of benzene rings is 2. The van der Waals surface area contributed by atoms with Gasteiger partial charge in [0.1, 0.15) is 0 Å². The molecule has 19 heteroatoms. The van der Waals surface area contributed by atoms with Crippen molar-refractivity contribution in [2.24, 2.45) is 22.5 Å². The number of carbonyl (C=O) groups is 4. The Hall–Kier alpha value is -3.00. The van der Waals surface area contributed by atoms with Gasteiger partial charge in [0.15, 0.2) is 0 Å². The standard InChI is InChI=1S/C27H30Br2ClN3O3.C26H28Br2ClN3O4.CH4/c28-19-11-18-2-1-17-12-20(30)13-21(29)23(17)24(25(18)32-15-19)16-3-7-33(8-4-16)22(34)14-27(26(31)35)5-9-36-10-6-27;27-18-11-17-2-1-16-12-19(29)13-20(28)22(16)24(23(17)30-15-18)32-7-5-31(6-8-32)21(33)14-26(25(34)35)3-9-36-10-4-26;/h11-13,15-16,24H,1-10,14H2,(H2,31,35);11-13,15,24H,1-10,14H2,(H,34,35);1H4/t24-;;/m1../s1. The third-order valence-corrected chi connectivity index (χ3v) is 18.6. The van der Waals surface area contributed by atoms with Crippen molar-refractivity contribution < 1.29 is 33.8 Å². The third kappa shape index (κ3) is 12.3. The molecule has 0 radical (unpaired) electrons. The fourth-order valence-electron chi connectivity index (χ4n) is 11.9. The first kappa shape index (κ1) is 56.2. The van der Waals surface area contributed by atoms with Gasteiger partial charge in [-0.3, -0.25) is 34.0 Å². The van der Waals surface area contributed by atoms with Gasteiger partial charge in [0, 0.05) is 125 Å². The number of ether oxygens (including phenoxy) is 2. The third-order valence-electron chi connectivity index (χ3n) is 16.0. The predicted octanol–water partition coefficient (Wildman–Crippen LogP) is 10.9. The number of hydrogen-bond donors (Lipinski definition) is 2. The molecule has 0 spiro atoms. The van der Waals surface area contributed by atoms with Gasteiger partial charge in [-0.1, -0.05) is 62.5 Å². The summed E-state index contributed by atoms with van der Waals surface area (Å²) in [5.41, 5.74) is 13.5. The number of aryl methyl sites for hydroxylation is 4. The lowest BCUT2D eigenvalue weighted by atomic mass is 9.75. The largest absolute Gasteiger partial charge is 0.481 e. The summed E-state index contributed by atoms with van der Waals surface area (Å²) in [7, 11) is 0. The number of nitrogens with two attached hydrogens (primary N) is 1. The van der Waals surface area contributed by atoms with Crippen LogP contribution < -0.4 is 5.73 Å². The van der Waals surface area contributed by atoms with Crippen LogP contribution in [0.5, 0.6) is 0 Å². The van der Waals surface area contributed by atoms with Crippen LogP contribution in [0, 0.1) is 16.7 Å². The summed E-state index contributed by atoms with van der Waals surface area (Å²) < 4.78 is 14.7. The maximum atomic E-state index is 13.3. The SMILES string of the molecule is C.NC(=O)C1(CC(=O)N2CCC([C@H]3c4ncc(Br)cc4CCc4cc(Cl)cc(Br)c43)CC2)CCOCC1.O=C(CC1(C(=O)O)CCOCC1)N1CCN(C2c3ncc(Br)cc3CCc3cc(Cl)cc(Br)c32)CC1. The number of carboxylic acid groups (broad SMARTS) is 1. The van der Waals surface area contributed by atoms with E-state index in [1.54, 1.807) is 0 Å². The highest BCUT2D eigenvalue weighted by molar-refractivity contribution is 9.11. The highest BCUT2D eigenvalue weighted by Crippen LogP contribution is 2.47. The number of carbonyl (C=O) groups excluding carboxylic acids is 3. The van der Waals surface area contributed by atoms with Crippen LogP contribution in [0.1, 0.15) is 116 Å². The number of piperazine rings is 1. The number of rotatable bonds is 8. The van der Waals surface area contributed by atoms with Crippen molar-refractivity contribution in [3.8, 4) is 0 Å². The molecule has 2 aliphatic carbocycles. The van der Waals surface area contributed by atoms with Gasteiger partial charge in [-0.25, -0.2) is 0 Å². The maximum Gasteiger partial charge on any atom is 0.310 e. The fraction of sp³-hybridized carbons (Fsp3) is 0.519. The number of nitrogens with zero attached hydrogens (tertiary/aromatic N) is 5. The zero-order valence-electron chi connectivity index (χ0n) is 39.9. The summed E-state index contributed by atoms with van der Waals surface area (Å²) >= 11 is 27.6. The summed E-state index contributed by atoms with van der Waals surface area (Å²) in [6, 6.07) is 12.3. The van der Waals surface area contributed by atoms with Gasteiger partial charge in [0.25, 0.3) is 0 Å². The lowest BCUT2D eigenvalue weighted by Crippen LogP contribution is -2.52. The van der Waals surface area contributed by atoms with E-state index in [4.69, 9.17) is 48.4 Å².